The number of aromatic nitrogens is 1. The van der Waals surface area contributed by atoms with E-state index in [-0.39, 0.29) is 24.0 Å². The van der Waals surface area contributed by atoms with Gasteiger partial charge in [-0.25, -0.2) is 0 Å². The fraction of sp³-hybridized carbons (Fsp3) is 0.500. The third kappa shape index (κ3) is 4.35. The van der Waals surface area contributed by atoms with Crippen LogP contribution in [0.25, 0.3) is 0 Å². The molecule has 1 aromatic rings. The average molecular weight is 326 g/mol. The van der Waals surface area contributed by atoms with E-state index in [1.54, 1.807) is 0 Å². The van der Waals surface area contributed by atoms with Crippen molar-refractivity contribution in [1.29, 1.82) is 0 Å². The normalized spacial score (nSPS) is 11.9. The zero-order chi connectivity index (χ0) is 14.0. The number of nitrogens with zero attached hydrogens (tertiary/aromatic N) is 1. The van der Waals surface area contributed by atoms with Crippen LogP contribution in [0.3, 0.4) is 0 Å². The maximum absolute atomic E-state index is 12.6. The van der Waals surface area contributed by atoms with E-state index in [1.807, 2.05) is 0 Å². The highest BCUT2D eigenvalue weighted by molar-refractivity contribution is 6.17. The zero-order valence-electron chi connectivity index (χ0n) is 9.60. The van der Waals surface area contributed by atoms with Gasteiger partial charge in [-0.05, 0) is 13.0 Å². The van der Waals surface area contributed by atoms with E-state index >= 15 is 0 Å². The lowest BCUT2D eigenvalue weighted by Gasteiger charge is -2.20. The molecule has 0 spiro atoms. The molecule has 0 radical (unpaired) electrons. The molecule has 19 heavy (non-hydrogen) atoms. The first-order chi connectivity index (χ1) is 8.19. The summed E-state index contributed by atoms with van der Waals surface area (Å²) in [4.78, 5) is 3.83. The van der Waals surface area contributed by atoms with Crippen LogP contribution in [0.5, 0.6) is 5.75 Å². The van der Waals surface area contributed by atoms with Gasteiger partial charge >= 0.3 is 12.1 Å². The lowest BCUT2D eigenvalue weighted by atomic mass is 10.2. The summed E-state index contributed by atoms with van der Waals surface area (Å²) < 4.78 is 65.5. The van der Waals surface area contributed by atoms with Crippen molar-refractivity contribution in [3.63, 3.8) is 0 Å². The number of rotatable bonds is 4. The van der Waals surface area contributed by atoms with Gasteiger partial charge in [0.2, 0.25) is 0 Å². The second-order valence-electron chi connectivity index (χ2n) is 3.51. The largest absolute Gasteiger partial charge is 0.487 e. The number of hydrogen-bond acceptors (Lipinski definition) is 2. The van der Waals surface area contributed by atoms with E-state index in [9.17, 15) is 22.0 Å². The van der Waals surface area contributed by atoms with Gasteiger partial charge in [0.05, 0.1) is 11.6 Å². The van der Waals surface area contributed by atoms with Crippen LogP contribution in [0.2, 0.25) is 0 Å². The summed E-state index contributed by atoms with van der Waals surface area (Å²) in [6, 6.07) is 1.21. The van der Waals surface area contributed by atoms with E-state index in [0.29, 0.717) is 11.3 Å². The summed E-state index contributed by atoms with van der Waals surface area (Å²) in [5, 5.41) is 0. The van der Waals surface area contributed by atoms with Crippen molar-refractivity contribution in [2.45, 2.75) is 24.9 Å². The highest BCUT2D eigenvalue weighted by Crippen LogP contribution is 2.36. The fourth-order valence-corrected chi connectivity index (χ4v) is 1.37. The first-order valence-corrected chi connectivity index (χ1v) is 5.30. The lowest BCUT2D eigenvalue weighted by molar-refractivity contribution is -0.290. The highest BCUT2D eigenvalue weighted by atomic mass is 35.5. The highest BCUT2D eigenvalue weighted by Gasteiger charge is 2.58. The van der Waals surface area contributed by atoms with E-state index in [4.69, 9.17) is 11.6 Å². The van der Waals surface area contributed by atoms with Crippen LogP contribution in [-0.2, 0) is 5.88 Å². The molecule has 9 heteroatoms. The van der Waals surface area contributed by atoms with Crippen LogP contribution in [0, 0.1) is 6.92 Å². The predicted octanol–water partition coefficient (Wildman–Crippen LogP) is 4.13. The van der Waals surface area contributed by atoms with E-state index in [1.165, 1.54) is 19.2 Å². The molecule has 0 bridgehead atoms. The molecule has 0 fully saturated rings. The molecule has 110 valence electrons. The first-order valence-electron chi connectivity index (χ1n) is 4.77. The summed E-state index contributed by atoms with van der Waals surface area (Å²) >= 11 is 5.52. The van der Waals surface area contributed by atoms with E-state index < -0.39 is 18.7 Å². The Morgan fingerprint density at radius 2 is 1.84 bits per heavy atom. The molecule has 0 aliphatic rings. The van der Waals surface area contributed by atoms with Crippen LogP contribution in [0.4, 0.5) is 22.0 Å². The molecule has 0 N–H and O–H groups in total. The maximum atomic E-state index is 12.6. The SMILES string of the molecule is Cc1c(OCC(F)(F)C(F)(F)F)ccnc1CCl.Cl. The van der Waals surface area contributed by atoms with Gasteiger partial charge in [0.15, 0.2) is 6.61 Å². The Hall–Kier alpha value is -0.820. The molecule has 0 unspecified atom stereocenters. The molecule has 1 aromatic heterocycles. The summed E-state index contributed by atoms with van der Waals surface area (Å²) in [6.07, 6.45) is -4.41. The number of pyridine rings is 1. The Balaban J connectivity index is 0.00000324. The Labute approximate surface area is 117 Å². The molecule has 2 nitrogen and oxygen atoms in total. The third-order valence-electron chi connectivity index (χ3n) is 2.21. The Morgan fingerprint density at radius 1 is 1.26 bits per heavy atom. The smallest absolute Gasteiger partial charge is 0.456 e. The van der Waals surface area contributed by atoms with Crippen LogP contribution in [0.15, 0.2) is 12.3 Å². The summed E-state index contributed by atoms with van der Waals surface area (Å²) in [5.74, 6) is -4.98. The minimum absolute atomic E-state index is 0. The van der Waals surface area contributed by atoms with Crippen molar-refractivity contribution in [2.75, 3.05) is 6.61 Å². The van der Waals surface area contributed by atoms with Gasteiger partial charge < -0.3 is 4.74 Å². The summed E-state index contributed by atoms with van der Waals surface area (Å²) in [6.45, 7) is -0.297. The molecule has 0 saturated heterocycles. The van der Waals surface area contributed by atoms with Gasteiger partial charge in [-0.3, -0.25) is 4.98 Å². The molecule has 0 saturated carbocycles. The average Bonchev–Trinajstić information content (AvgIpc) is 2.26. The van der Waals surface area contributed by atoms with Gasteiger partial charge in [0.1, 0.15) is 5.75 Å². The quantitative estimate of drug-likeness (QED) is 0.613. The summed E-state index contributed by atoms with van der Waals surface area (Å²) in [7, 11) is 0. The molecule has 0 aliphatic carbocycles. The topological polar surface area (TPSA) is 22.1 Å². The Bertz CT molecular complexity index is 425. The van der Waals surface area contributed by atoms with Crippen molar-refractivity contribution >= 4 is 24.0 Å². The van der Waals surface area contributed by atoms with Crippen molar-refractivity contribution in [3.8, 4) is 5.75 Å². The molecule has 0 aromatic carbocycles. The molecule has 0 amide bonds. The fourth-order valence-electron chi connectivity index (χ4n) is 1.10. The molecule has 0 aliphatic heterocycles. The Morgan fingerprint density at radius 3 is 2.32 bits per heavy atom. The first kappa shape index (κ1) is 18.2. The van der Waals surface area contributed by atoms with Crippen LogP contribution < -0.4 is 4.74 Å². The zero-order valence-corrected chi connectivity index (χ0v) is 11.2. The van der Waals surface area contributed by atoms with Crippen molar-refractivity contribution < 1.29 is 26.7 Å². The van der Waals surface area contributed by atoms with E-state index in [0.717, 1.165) is 0 Å². The van der Waals surface area contributed by atoms with Crippen LogP contribution in [-0.4, -0.2) is 23.7 Å². The monoisotopic (exact) mass is 325 g/mol. The van der Waals surface area contributed by atoms with Gasteiger partial charge in [-0.1, -0.05) is 0 Å². The number of alkyl halides is 6. The minimum Gasteiger partial charge on any atom is -0.487 e. The second-order valence-corrected chi connectivity index (χ2v) is 3.77. The van der Waals surface area contributed by atoms with E-state index in [2.05, 4.69) is 9.72 Å². The van der Waals surface area contributed by atoms with Crippen molar-refractivity contribution in [2.24, 2.45) is 0 Å². The molecule has 1 rings (SSSR count). The van der Waals surface area contributed by atoms with Gasteiger partial charge in [-0.2, -0.15) is 22.0 Å². The number of halogens is 7. The Kier molecular flexibility index (Phi) is 6.28. The van der Waals surface area contributed by atoms with Crippen molar-refractivity contribution in [3.05, 3.63) is 23.5 Å². The van der Waals surface area contributed by atoms with Crippen LogP contribution in [0.1, 0.15) is 11.3 Å². The van der Waals surface area contributed by atoms with Gasteiger partial charge in [0, 0.05) is 11.8 Å². The molecular formula is C10H10Cl2F5NO. The van der Waals surface area contributed by atoms with Crippen molar-refractivity contribution in [1.82, 2.24) is 4.98 Å². The molecule has 0 atom stereocenters. The number of hydrogen-bond donors (Lipinski definition) is 0. The maximum Gasteiger partial charge on any atom is 0.456 e. The molecule has 1 heterocycles. The van der Waals surface area contributed by atoms with Gasteiger partial charge in [0.25, 0.3) is 0 Å². The summed E-state index contributed by atoms with van der Waals surface area (Å²) in [5.41, 5.74) is 0.704. The standard InChI is InChI=1S/C10H9ClF5NO.ClH/c1-6-7(4-11)17-3-2-8(6)18-5-9(12,13)10(14,15)16;/h2-3H,4-5H2,1H3;1H. The van der Waals surface area contributed by atoms with Gasteiger partial charge in [-0.15, -0.1) is 24.0 Å². The minimum atomic E-state index is -5.64. The lowest BCUT2D eigenvalue weighted by Crippen LogP contribution is -2.41. The molecular weight excluding hydrogens is 316 g/mol. The third-order valence-corrected chi connectivity index (χ3v) is 2.46. The number of ether oxygens (including phenoxy) is 1. The second kappa shape index (κ2) is 6.56. The predicted molar refractivity (Wildman–Crippen MR) is 62.3 cm³/mol. The van der Waals surface area contributed by atoms with Crippen LogP contribution >= 0.6 is 24.0 Å².